The molecule has 118 valence electrons. The van der Waals surface area contributed by atoms with Crippen molar-refractivity contribution in [1.82, 2.24) is 20.4 Å². The molecule has 1 aliphatic rings. The number of amides is 1. The van der Waals surface area contributed by atoms with Crippen molar-refractivity contribution in [1.29, 1.82) is 0 Å². The van der Waals surface area contributed by atoms with Crippen LogP contribution in [0.25, 0.3) is 0 Å². The fourth-order valence-corrected chi connectivity index (χ4v) is 2.87. The van der Waals surface area contributed by atoms with Crippen LogP contribution in [0.4, 0.5) is 5.69 Å². The van der Waals surface area contributed by atoms with E-state index in [0.29, 0.717) is 12.5 Å². The number of hydrogen-bond acceptors (Lipinski definition) is 4. The SMILES string of the molecule is CCN(CC(=O)Nc1c(C)n[nH]c1C)CC1CCCNC1. The monoisotopic (exact) mass is 293 g/mol. The zero-order chi connectivity index (χ0) is 15.2. The van der Waals surface area contributed by atoms with Gasteiger partial charge in [-0.1, -0.05) is 6.92 Å². The number of piperidine rings is 1. The molecule has 1 aliphatic heterocycles. The summed E-state index contributed by atoms with van der Waals surface area (Å²) in [5.74, 6) is 0.692. The van der Waals surface area contributed by atoms with Gasteiger partial charge in [0.25, 0.3) is 0 Å². The van der Waals surface area contributed by atoms with Gasteiger partial charge in [-0.15, -0.1) is 0 Å². The third-order valence-electron chi connectivity index (χ3n) is 4.12. The van der Waals surface area contributed by atoms with Crippen LogP contribution >= 0.6 is 0 Å². The van der Waals surface area contributed by atoms with Gasteiger partial charge in [-0.2, -0.15) is 5.10 Å². The molecule has 1 atom stereocenters. The lowest BCUT2D eigenvalue weighted by molar-refractivity contribution is -0.117. The second-order valence-corrected chi connectivity index (χ2v) is 5.90. The number of nitrogens with one attached hydrogen (secondary N) is 3. The summed E-state index contributed by atoms with van der Waals surface area (Å²) in [7, 11) is 0. The molecular formula is C15H27N5O. The molecule has 1 aromatic rings. The minimum atomic E-state index is 0.0354. The van der Waals surface area contributed by atoms with Crippen LogP contribution in [0, 0.1) is 19.8 Å². The molecule has 0 aromatic carbocycles. The predicted octanol–water partition coefficient (Wildman–Crippen LogP) is 1.29. The largest absolute Gasteiger partial charge is 0.322 e. The van der Waals surface area contributed by atoms with Crippen LogP contribution in [-0.2, 0) is 4.79 Å². The van der Waals surface area contributed by atoms with Gasteiger partial charge in [0, 0.05) is 6.54 Å². The van der Waals surface area contributed by atoms with Crippen molar-refractivity contribution in [3.05, 3.63) is 11.4 Å². The number of rotatable bonds is 6. The Morgan fingerprint density at radius 3 is 2.86 bits per heavy atom. The maximum atomic E-state index is 12.2. The highest BCUT2D eigenvalue weighted by atomic mass is 16.2. The molecule has 2 heterocycles. The van der Waals surface area contributed by atoms with Crippen LogP contribution in [0.3, 0.4) is 0 Å². The summed E-state index contributed by atoms with van der Waals surface area (Å²) in [5, 5.41) is 13.4. The molecule has 0 aliphatic carbocycles. The van der Waals surface area contributed by atoms with Crippen molar-refractivity contribution >= 4 is 11.6 Å². The standard InChI is InChI=1S/C15H27N5O/c1-4-20(9-13-6-5-7-16-8-13)10-14(21)17-15-11(2)18-19-12(15)3/h13,16H,4-10H2,1-3H3,(H,17,21)(H,18,19). The summed E-state index contributed by atoms with van der Waals surface area (Å²) in [6.45, 7) is 10.4. The molecule has 1 unspecified atom stereocenters. The molecule has 1 fully saturated rings. The minimum Gasteiger partial charge on any atom is -0.322 e. The Bertz CT molecular complexity index is 445. The van der Waals surface area contributed by atoms with Gasteiger partial charge < -0.3 is 10.6 Å². The Morgan fingerprint density at radius 2 is 2.29 bits per heavy atom. The van der Waals surface area contributed by atoms with Gasteiger partial charge in [0.2, 0.25) is 5.91 Å². The van der Waals surface area contributed by atoms with E-state index in [0.717, 1.165) is 43.3 Å². The molecule has 0 saturated carbocycles. The molecule has 0 radical (unpaired) electrons. The van der Waals surface area contributed by atoms with Crippen LogP contribution in [0.1, 0.15) is 31.2 Å². The van der Waals surface area contributed by atoms with Gasteiger partial charge in [-0.25, -0.2) is 0 Å². The average molecular weight is 293 g/mol. The number of hydrogen-bond donors (Lipinski definition) is 3. The first kappa shape index (κ1) is 16.0. The number of carbonyl (C=O) groups excluding carboxylic acids is 1. The fourth-order valence-electron chi connectivity index (χ4n) is 2.87. The zero-order valence-corrected chi connectivity index (χ0v) is 13.3. The summed E-state index contributed by atoms with van der Waals surface area (Å²) >= 11 is 0. The molecule has 3 N–H and O–H groups in total. The van der Waals surface area contributed by atoms with E-state index in [1.54, 1.807) is 0 Å². The predicted molar refractivity (Wildman–Crippen MR) is 84.4 cm³/mol. The Morgan fingerprint density at radius 1 is 1.48 bits per heavy atom. The number of H-pyrrole nitrogens is 1. The molecule has 1 amide bonds. The topological polar surface area (TPSA) is 73.0 Å². The zero-order valence-electron chi connectivity index (χ0n) is 13.3. The maximum absolute atomic E-state index is 12.2. The number of aromatic nitrogens is 2. The first-order chi connectivity index (χ1) is 10.1. The van der Waals surface area contributed by atoms with Crippen molar-refractivity contribution < 1.29 is 4.79 Å². The first-order valence-corrected chi connectivity index (χ1v) is 7.84. The molecule has 1 saturated heterocycles. The number of likely N-dealkylation sites (N-methyl/N-ethyl adjacent to an activating group) is 1. The summed E-state index contributed by atoms with van der Waals surface area (Å²) in [6, 6.07) is 0. The molecule has 6 heteroatoms. The van der Waals surface area contributed by atoms with Crippen LogP contribution in [0.15, 0.2) is 0 Å². The normalized spacial score (nSPS) is 19.0. The third kappa shape index (κ3) is 4.54. The number of aromatic amines is 1. The van der Waals surface area contributed by atoms with Crippen molar-refractivity contribution in [2.45, 2.75) is 33.6 Å². The van der Waals surface area contributed by atoms with Gasteiger partial charge in [-0.05, 0) is 52.2 Å². The van der Waals surface area contributed by atoms with Gasteiger partial charge in [0.05, 0.1) is 23.6 Å². The van der Waals surface area contributed by atoms with Crippen molar-refractivity contribution in [3.63, 3.8) is 0 Å². The van der Waals surface area contributed by atoms with Crippen LogP contribution in [0.5, 0.6) is 0 Å². The van der Waals surface area contributed by atoms with Crippen molar-refractivity contribution in [2.75, 3.05) is 38.0 Å². The Labute approximate surface area is 126 Å². The van der Waals surface area contributed by atoms with E-state index < -0.39 is 0 Å². The second-order valence-electron chi connectivity index (χ2n) is 5.90. The van der Waals surface area contributed by atoms with Crippen LogP contribution < -0.4 is 10.6 Å². The van der Waals surface area contributed by atoms with Crippen molar-refractivity contribution in [3.8, 4) is 0 Å². The molecule has 21 heavy (non-hydrogen) atoms. The summed E-state index contributed by atoms with van der Waals surface area (Å²) in [4.78, 5) is 14.4. The molecular weight excluding hydrogens is 266 g/mol. The number of aryl methyl sites for hydroxylation is 2. The summed E-state index contributed by atoms with van der Waals surface area (Å²) in [5.41, 5.74) is 2.55. The van der Waals surface area contributed by atoms with Crippen molar-refractivity contribution in [2.24, 2.45) is 5.92 Å². The maximum Gasteiger partial charge on any atom is 0.238 e. The highest BCUT2D eigenvalue weighted by molar-refractivity contribution is 5.93. The van der Waals surface area contributed by atoms with Crippen LogP contribution in [0.2, 0.25) is 0 Å². The molecule has 0 bridgehead atoms. The number of anilines is 1. The molecule has 0 spiro atoms. The van der Waals surface area contributed by atoms with E-state index in [1.807, 2.05) is 13.8 Å². The van der Waals surface area contributed by atoms with E-state index in [9.17, 15) is 4.79 Å². The van der Waals surface area contributed by atoms with E-state index in [-0.39, 0.29) is 5.91 Å². The van der Waals surface area contributed by atoms with Crippen LogP contribution in [-0.4, -0.2) is 53.7 Å². The van der Waals surface area contributed by atoms with Gasteiger partial charge >= 0.3 is 0 Å². The molecule has 2 rings (SSSR count). The Balaban J connectivity index is 1.84. The van der Waals surface area contributed by atoms with Gasteiger partial charge in [0.1, 0.15) is 0 Å². The molecule has 1 aromatic heterocycles. The average Bonchev–Trinajstić information content (AvgIpc) is 2.79. The number of carbonyl (C=O) groups is 1. The highest BCUT2D eigenvalue weighted by Crippen LogP contribution is 2.16. The van der Waals surface area contributed by atoms with Gasteiger partial charge in [-0.3, -0.25) is 14.8 Å². The highest BCUT2D eigenvalue weighted by Gasteiger charge is 2.18. The fraction of sp³-hybridized carbons (Fsp3) is 0.733. The lowest BCUT2D eigenvalue weighted by Crippen LogP contribution is -2.41. The quantitative estimate of drug-likeness (QED) is 0.739. The summed E-state index contributed by atoms with van der Waals surface area (Å²) < 4.78 is 0. The molecule has 6 nitrogen and oxygen atoms in total. The van der Waals surface area contributed by atoms with E-state index >= 15 is 0 Å². The van der Waals surface area contributed by atoms with E-state index in [1.165, 1.54) is 12.8 Å². The first-order valence-electron chi connectivity index (χ1n) is 7.84. The third-order valence-corrected chi connectivity index (χ3v) is 4.12. The summed E-state index contributed by atoms with van der Waals surface area (Å²) in [6.07, 6.45) is 2.49. The number of nitrogens with zero attached hydrogens (tertiary/aromatic N) is 2. The minimum absolute atomic E-state index is 0.0354. The smallest absolute Gasteiger partial charge is 0.238 e. The van der Waals surface area contributed by atoms with E-state index in [4.69, 9.17) is 0 Å². The lowest BCUT2D eigenvalue weighted by atomic mass is 9.99. The van der Waals surface area contributed by atoms with Gasteiger partial charge in [0.15, 0.2) is 0 Å². The van der Waals surface area contributed by atoms with E-state index in [2.05, 4.69) is 32.7 Å². The Kier molecular flexibility index (Phi) is 5.76. The Hall–Kier alpha value is -1.40. The lowest BCUT2D eigenvalue weighted by Gasteiger charge is -2.29. The second kappa shape index (κ2) is 7.56.